The Hall–Kier alpha value is -2.61. The lowest BCUT2D eigenvalue weighted by molar-refractivity contribution is 0.0970. The molecule has 3 nitrogen and oxygen atoms in total. The van der Waals surface area contributed by atoms with E-state index >= 15 is 0 Å². The summed E-state index contributed by atoms with van der Waals surface area (Å²) in [7, 11) is 0. The minimum absolute atomic E-state index is 0.352. The fourth-order valence-electron chi connectivity index (χ4n) is 1.72. The molecule has 0 aliphatic heterocycles. The average Bonchev–Trinajstić information content (AvgIpc) is 2.40. The molecule has 5 heteroatoms. The van der Waals surface area contributed by atoms with Gasteiger partial charge in [0.2, 0.25) is 0 Å². The van der Waals surface area contributed by atoms with E-state index in [-0.39, 0.29) is 0 Å². The molecule has 0 radical (unpaired) electrons. The molecule has 1 aromatic heterocycles. The third kappa shape index (κ3) is 2.47. The normalized spacial score (nSPS) is 11.6. The quantitative estimate of drug-likeness (QED) is 0.795. The monoisotopic (exact) mass is 258 g/mol. The maximum atomic E-state index is 13.5. The van der Waals surface area contributed by atoms with Crippen molar-refractivity contribution in [2.24, 2.45) is 0 Å². The van der Waals surface area contributed by atoms with Crippen LogP contribution >= 0.6 is 0 Å². The van der Waals surface area contributed by atoms with Crippen LogP contribution in [-0.2, 0) is 0 Å². The second-order valence-electron chi connectivity index (χ2n) is 3.80. The van der Waals surface area contributed by atoms with Gasteiger partial charge in [0.15, 0.2) is 5.78 Å². The van der Waals surface area contributed by atoms with Gasteiger partial charge in [0.25, 0.3) is 0 Å². The Morgan fingerprint density at radius 2 is 1.74 bits per heavy atom. The van der Waals surface area contributed by atoms with Crippen molar-refractivity contribution in [3.05, 3.63) is 65.5 Å². The zero-order valence-electron chi connectivity index (χ0n) is 9.68. The van der Waals surface area contributed by atoms with E-state index in [2.05, 4.69) is 4.98 Å². The van der Waals surface area contributed by atoms with E-state index in [0.717, 1.165) is 18.2 Å². The number of nitrogens with zero attached hydrogens (tertiary/aromatic N) is 2. The fraction of sp³-hybridized carbons (Fsp3) is 0.0714. The first-order valence-corrected chi connectivity index (χ1v) is 5.43. The Balaban J connectivity index is 2.46. The van der Waals surface area contributed by atoms with Crippen molar-refractivity contribution in [1.82, 2.24) is 4.98 Å². The molecule has 0 bridgehead atoms. The van der Waals surface area contributed by atoms with Crippen LogP contribution in [0.1, 0.15) is 21.8 Å². The van der Waals surface area contributed by atoms with Crippen LogP contribution in [0.5, 0.6) is 0 Å². The molecule has 1 aromatic carbocycles. The van der Waals surface area contributed by atoms with Crippen molar-refractivity contribution < 1.29 is 13.6 Å². The Morgan fingerprint density at radius 3 is 2.26 bits per heavy atom. The van der Waals surface area contributed by atoms with Gasteiger partial charge in [0.05, 0.1) is 11.6 Å². The first-order valence-electron chi connectivity index (χ1n) is 5.43. The number of carbonyl (C=O) groups excluding carboxylic acids is 1. The van der Waals surface area contributed by atoms with Crippen LogP contribution in [0.25, 0.3) is 0 Å². The molecular weight excluding hydrogens is 250 g/mol. The Bertz CT molecular complexity index is 630. The number of ketones is 1. The van der Waals surface area contributed by atoms with Crippen LogP contribution < -0.4 is 0 Å². The number of carbonyl (C=O) groups is 1. The lowest BCUT2D eigenvalue weighted by Gasteiger charge is -2.09. The van der Waals surface area contributed by atoms with E-state index < -0.39 is 28.9 Å². The number of hydrogen-bond donors (Lipinski definition) is 0. The molecule has 0 amide bonds. The number of nitriles is 1. The van der Waals surface area contributed by atoms with Gasteiger partial charge in [-0.2, -0.15) is 5.26 Å². The SMILES string of the molecule is N#CC(C(=O)c1c(F)cccc1F)c1ccncc1. The lowest BCUT2D eigenvalue weighted by atomic mass is 9.92. The number of benzene rings is 1. The molecule has 0 fully saturated rings. The summed E-state index contributed by atoms with van der Waals surface area (Å²) in [5, 5.41) is 9.06. The van der Waals surface area contributed by atoms with E-state index in [9.17, 15) is 13.6 Å². The Morgan fingerprint density at radius 1 is 1.16 bits per heavy atom. The number of hydrogen-bond acceptors (Lipinski definition) is 3. The van der Waals surface area contributed by atoms with Crippen molar-refractivity contribution in [2.45, 2.75) is 5.92 Å². The predicted molar refractivity (Wildman–Crippen MR) is 63.3 cm³/mol. The van der Waals surface area contributed by atoms with Gasteiger partial charge in [-0.1, -0.05) is 6.07 Å². The summed E-state index contributed by atoms with van der Waals surface area (Å²) in [6.45, 7) is 0. The topological polar surface area (TPSA) is 53.8 Å². The third-order valence-corrected chi connectivity index (χ3v) is 2.64. The van der Waals surface area contributed by atoms with Crippen LogP contribution in [0.2, 0.25) is 0 Å². The highest BCUT2D eigenvalue weighted by Crippen LogP contribution is 2.23. The lowest BCUT2D eigenvalue weighted by Crippen LogP contribution is -2.15. The maximum Gasteiger partial charge on any atom is 0.190 e. The maximum absolute atomic E-state index is 13.5. The summed E-state index contributed by atoms with van der Waals surface area (Å²) in [4.78, 5) is 15.9. The molecule has 2 rings (SSSR count). The van der Waals surface area contributed by atoms with Gasteiger partial charge < -0.3 is 0 Å². The molecule has 0 aliphatic rings. The zero-order valence-corrected chi connectivity index (χ0v) is 9.68. The largest absolute Gasteiger partial charge is 0.292 e. The summed E-state index contributed by atoms with van der Waals surface area (Å²) >= 11 is 0. The molecular formula is C14H8F2N2O. The molecule has 2 aromatic rings. The molecule has 0 N–H and O–H groups in total. The highest BCUT2D eigenvalue weighted by molar-refractivity contribution is 6.03. The van der Waals surface area contributed by atoms with Crippen molar-refractivity contribution in [3.63, 3.8) is 0 Å². The van der Waals surface area contributed by atoms with Gasteiger partial charge >= 0.3 is 0 Å². The fourth-order valence-corrected chi connectivity index (χ4v) is 1.72. The summed E-state index contributed by atoms with van der Waals surface area (Å²) in [6.07, 6.45) is 2.81. The van der Waals surface area contributed by atoms with Crippen molar-refractivity contribution in [2.75, 3.05) is 0 Å². The number of pyridine rings is 1. The number of Topliss-reactive ketones (excluding diaryl/α,β-unsaturated/α-hetero) is 1. The minimum Gasteiger partial charge on any atom is -0.292 e. The van der Waals surface area contributed by atoms with Gasteiger partial charge in [0, 0.05) is 12.4 Å². The molecule has 0 spiro atoms. The standard InChI is InChI=1S/C14H8F2N2O/c15-11-2-1-3-12(16)13(11)14(19)10(8-17)9-4-6-18-7-5-9/h1-7,10H. The van der Waals surface area contributed by atoms with E-state index in [1.165, 1.54) is 24.5 Å². The third-order valence-electron chi connectivity index (χ3n) is 2.64. The molecule has 0 saturated carbocycles. The van der Waals surface area contributed by atoms with Crippen LogP contribution in [0, 0.1) is 23.0 Å². The smallest absolute Gasteiger partial charge is 0.190 e. The average molecular weight is 258 g/mol. The number of halogens is 2. The molecule has 1 atom stereocenters. The first-order chi connectivity index (χ1) is 9.15. The van der Waals surface area contributed by atoms with Crippen molar-refractivity contribution >= 4 is 5.78 Å². The van der Waals surface area contributed by atoms with Gasteiger partial charge in [-0.25, -0.2) is 8.78 Å². The highest BCUT2D eigenvalue weighted by atomic mass is 19.1. The van der Waals surface area contributed by atoms with E-state index in [0.29, 0.717) is 5.56 Å². The highest BCUT2D eigenvalue weighted by Gasteiger charge is 2.26. The van der Waals surface area contributed by atoms with E-state index in [1.54, 1.807) is 6.07 Å². The van der Waals surface area contributed by atoms with Gasteiger partial charge in [0.1, 0.15) is 17.6 Å². The van der Waals surface area contributed by atoms with Gasteiger partial charge in [-0.3, -0.25) is 9.78 Å². The Labute approximate surface area is 108 Å². The molecule has 94 valence electrons. The molecule has 19 heavy (non-hydrogen) atoms. The van der Waals surface area contributed by atoms with Gasteiger partial charge in [-0.05, 0) is 29.8 Å². The predicted octanol–water partition coefficient (Wildman–Crippen LogP) is 2.85. The number of aromatic nitrogens is 1. The molecule has 1 unspecified atom stereocenters. The summed E-state index contributed by atoms with van der Waals surface area (Å²) in [6, 6.07) is 7.81. The summed E-state index contributed by atoms with van der Waals surface area (Å²) in [5.74, 6) is -4.10. The van der Waals surface area contributed by atoms with Crippen LogP contribution in [0.15, 0.2) is 42.7 Å². The minimum atomic E-state index is -1.26. The second-order valence-corrected chi connectivity index (χ2v) is 3.80. The molecule has 0 aliphatic carbocycles. The van der Waals surface area contributed by atoms with Crippen molar-refractivity contribution in [3.8, 4) is 6.07 Å². The molecule has 1 heterocycles. The van der Waals surface area contributed by atoms with Crippen LogP contribution in [-0.4, -0.2) is 10.8 Å². The van der Waals surface area contributed by atoms with Crippen molar-refractivity contribution in [1.29, 1.82) is 5.26 Å². The zero-order chi connectivity index (χ0) is 13.8. The van der Waals surface area contributed by atoms with Crippen LogP contribution in [0.4, 0.5) is 8.78 Å². The first kappa shape index (κ1) is 12.8. The molecule has 0 saturated heterocycles. The number of rotatable bonds is 3. The van der Waals surface area contributed by atoms with Gasteiger partial charge in [-0.15, -0.1) is 0 Å². The van der Waals surface area contributed by atoms with Crippen LogP contribution in [0.3, 0.4) is 0 Å². The van der Waals surface area contributed by atoms with E-state index in [1.807, 2.05) is 0 Å². The Kier molecular flexibility index (Phi) is 3.62. The second kappa shape index (κ2) is 5.36. The summed E-state index contributed by atoms with van der Waals surface area (Å²) < 4.78 is 27.1. The summed E-state index contributed by atoms with van der Waals surface area (Å²) in [5.41, 5.74) is -0.337. The van der Waals surface area contributed by atoms with E-state index in [4.69, 9.17) is 5.26 Å².